The highest BCUT2D eigenvalue weighted by molar-refractivity contribution is 6.02. The summed E-state index contributed by atoms with van der Waals surface area (Å²) < 4.78 is 5.00. The number of rotatable bonds is 6. The number of furan rings is 1. The molecule has 0 unspecified atom stereocenters. The third-order valence-electron chi connectivity index (χ3n) is 2.93. The minimum Gasteiger partial charge on any atom is -0.459 e. The first-order valence-corrected chi connectivity index (χ1v) is 7.04. The van der Waals surface area contributed by atoms with E-state index in [1.54, 1.807) is 36.4 Å². The lowest BCUT2D eigenvalue weighted by atomic mass is 10.2. The molecule has 0 aliphatic rings. The van der Waals surface area contributed by atoms with Gasteiger partial charge in [0.05, 0.1) is 6.26 Å². The lowest BCUT2D eigenvalue weighted by molar-refractivity contribution is -0.118. The van der Waals surface area contributed by atoms with Crippen LogP contribution in [-0.4, -0.2) is 30.8 Å². The fourth-order valence-electron chi connectivity index (χ4n) is 1.82. The summed E-state index contributed by atoms with van der Waals surface area (Å²) in [6, 6.07) is 9.65. The van der Waals surface area contributed by atoms with E-state index < -0.39 is 0 Å². The van der Waals surface area contributed by atoms with Gasteiger partial charge in [0.25, 0.3) is 11.8 Å². The van der Waals surface area contributed by atoms with Crippen LogP contribution in [0.25, 0.3) is 0 Å². The fourth-order valence-corrected chi connectivity index (χ4v) is 1.82. The third-order valence-corrected chi connectivity index (χ3v) is 2.93. The Kier molecular flexibility index (Phi) is 5.51. The summed E-state index contributed by atoms with van der Waals surface area (Å²) in [5.41, 5.74) is 1.02. The van der Waals surface area contributed by atoms with Crippen LogP contribution in [0.1, 0.15) is 27.8 Å². The molecule has 0 aliphatic heterocycles. The Bertz CT molecular complexity index is 678. The zero-order chi connectivity index (χ0) is 16.7. The first-order chi connectivity index (χ1) is 11.1. The number of hydrogen-bond donors (Lipinski definition) is 3. The Balaban J connectivity index is 1.85. The minimum atomic E-state index is -0.359. The van der Waals surface area contributed by atoms with E-state index in [2.05, 4.69) is 16.0 Å². The van der Waals surface area contributed by atoms with Crippen molar-refractivity contribution in [3.05, 3.63) is 54.0 Å². The van der Waals surface area contributed by atoms with Crippen LogP contribution in [0.15, 0.2) is 47.1 Å². The molecular weight excluding hydrogens is 298 g/mol. The predicted molar refractivity (Wildman–Crippen MR) is 84.1 cm³/mol. The smallest absolute Gasteiger partial charge is 0.291 e. The van der Waals surface area contributed by atoms with Gasteiger partial charge in [0.2, 0.25) is 5.91 Å². The second kappa shape index (κ2) is 7.79. The van der Waals surface area contributed by atoms with Gasteiger partial charge >= 0.3 is 0 Å². The van der Waals surface area contributed by atoms with Crippen LogP contribution in [0, 0.1) is 0 Å². The van der Waals surface area contributed by atoms with Gasteiger partial charge in [-0.3, -0.25) is 14.4 Å². The topological polar surface area (TPSA) is 100 Å². The molecule has 0 saturated carbocycles. The van der Waals surface area contributed by atoms with Gasteiger partial charge in [-0.25, -0.2) is 0 Å². The number of benzene rings is 1. The van der Waals surface area contributed by atoms with Crippen LogP contribution in [0.2, 0.25) is 0 Å². The molecule has 3 amide bonds. The third kappa shape index (κ3) is 4.99. The van der Waals surface area contributed by atoms with Crippen LogP contribution in [0.3, 0.4) is 0 Å². The van der Waals surface area contributed by atoms with Crippen molar-refractivity contribution >= 4 is 23.4 Å². The van der Waals surface area contributed by atoms with Gasteiger partial charge in [-0.1, -0.05) is 0 Å². The van der Waals surface area contributed by atoms with E-state index in [0.29, 0.717) is 24.3 Å². The number of carbonyl (C=O) groups is 3. The largest absolute Gasteiger partial charge is 0.459 e. The average Bonchev–Trinajstić information content (AvgIpc) is 3.06. The van der Waals surface area contributed by atoms with E-state index in [0.717, 1.165) is 0 Å². The predicted octanol–water partition coefficient (Wildman–Crippen LogP) is 1.40. The molecule has 3 N–H and O–H groups in total. The minimum absolute atomic E-state index is 0.143. The molecule has 0 bridgehead atoms. The van der Waals surface area contributed by atoms with Gasteiger partial charge in [0, 0.05) is 31.3 Å². The van der Waals surface area contributed by atoms with Crippen molar-refractivity contribution in [1.82, 2.24) is 10.6 Å². The Morgan fingerprint density at radius 3 is 2.26 bits per heavy atom. The Labute approximate surface area is 133 Å². The summed E-state index contributed by atoms with van der Waals surface area (Å²) in [7, 11) is 0. The number of nitrogens with one attached hydrogen (secondary N) is 3. The fraction of sp³-hybridized carbons (Fsp3) is 0.188. The van der Waals surface area contributed by atoms with Crippen molar-refractivity contribution in [2.24, 2.45) is 0 Å². The van der Waals surface area contributed by atoms with E-state index in [1.807, 2.05) is 0 Å². The molecule has 0 atom stereocenters. The Morgan fingerprint density at radius 2 is 1.65 bits per heavy atom. The first kappa shape index (κ1) is 16.3. The molecule has 1 aromatic heterocycles. The van der Waals surface area contributed by atoms with Crippen molar-refractivity contribution in [2.75, 3.05) is 18.4 Å². The van der Waals surface area contributed by atoms with Crippen LogP contribution in [0.4, 0.5) is 5.69 Å². The van der Waals surface area contributed by atoms with E-state index in [-0.39, 0.29) is 23.5 Å². The lowest BCUT2D eigenvalue weighted by Gasteiger charge is -2.07. The summed E-state index contributed by atoms with van der Waals surface area (Å²) >= 11 is 0. The molecule has 120 valence electrons. The maximum absolute atomic E-state index is 11.9. The molecule has 0 saturated heterocycles. The summed E-state index contributed by atoms with van der Waals surface area (Å²) in [6.07, 6.45) is 1.42. The van der Waals surface area contributed by atoms with E-state index in [1.165, 1.54) is 13.2 Å². The van der Waals surface area contributed by atoms with Crippen LogP contribution in [-0.2, 0) is 4.79 Å². The standard InChI is InChI=1S/C16H17N3O4/c1-11(20)17-8-9-18-15(21)12-4-6-13(7-5-12)19-16(22)14-3-2-10-23-14/h2-7,10H,8-9H2,1H3,(H,17,20)(H,18,21)(H,19,22). The zero-order valence-electron chi connectivity index (χ0n) is 12.6. The van der Waals surface area contributed by atoms with Gasteiger partial charge < -0.3 is 20.4 Å². The summed E-state index contributed by atoms with van der Waals surface area (Å²) in [5.74, 6) is -0.539. The van der Waals surface area contributed by atoms with Gasteiger partial charge in [-0.15, -0.1) is 0 Å². The van der Waals surface area contributed by atoms with E-state index in [4.69, 9.17) is 4.42 Å². The molecule has 0 fully saturated rings. The molecule has 0 radical (unpaired) electrons. The van der Waals surface area contributed by atoms with Crippen LogP contribution >= 0.6 is 0 Å². The summed E-state index contributed by atoms with van der Waals surface area (Å²) in [4.78, 5) is 34.4. The van der Waals surface area contributed by atoms with Crippen LogP contribution < -0.4 is 16.0 Å². The molecule has 23 heavy (non-hydrogen) atoms. The summed E-state index contributed by atoms with van der Waals surface area (Å²) in [5, 5.41) is 7.93. The second-order valence-corrected chi connectivity index (χ2v) is 4.75. The average molecular weight is 315 g/mol. The monoisotopic (exact) mass is 315 g/mol. The normalized spacial score (nSPS) is 9.96. The maximum Gasteiger partial charge on any atom is 0.291 e. The van der Waals surface area contributed by atoms with Crippen molar-refractivity contribution in [1.29, 1.82) is 0 Å². The molecule has 0 aliphatic carbocycles. The van der Waals surface area contributed by atoms with Crippen LogP contribution in [0.5, 0.6) is 0 Å². The Morgan fingerprint density at radius 1 is 0.957 bits per heavy atom. The lowest BCUT2D eigenvalue weighted by Crippen LogP contribution is -2.33. The van der Waals surface area contributed by atoms with Crippen molar-refractivity contribution < 1.29 is 18.8 Å². The van der Waals surface area contributed by atoms with Gasteiger partial charge in [0.15, 0.2) is 5.76 Å². The highest BCUT2D eigenvalue weighted by Gasteiger charge is 2.09. The first-order valence-electron chi connectivity index (χ1n) is 7.04. The molecule has 1 heterocycles. The number of anilines is 1. The SMILES string of the molecule is CC(=O)NCCNC(=O)c1ccc(NC(=O)c2ccco2)cc1. The van der Waals surface area contributed by atoms with E-state index in [9.17, 15) is 14.4 Å². The Hall–Kier alpha value is -3.09. The molecule has 7 nitrogen and oxygen atoms in total. The van der Waals surface area contributed by atoms with Gasteiger partial charge in [0.1, 0.15) is 0 Å². The van der Waals surface area contributed by atoms with Gasteiger partial charge in [-0.05, 0) is 36.4 Å². The van der Waals surface area contributed by atoms with Gasteiger partial charge in [-0.2, -0.15) is 0 Å². The second-order valence-electron chi connectivity index (χ2n) is 4.75. The zero-order valence-corrected chi connectivity index (χ0v) is 12.6. The van der Waals surface area contributed by atoms with Crippen molar-refractivity contribution in [3.8, 4) is 0 Å². The van der Waals surface area contributed by atoms with Crippen molar-refractivity contribution in [3.63, 3.8) is 0 Å². The maximum atomic E-state index is 11.9. The summed E-state index contributed by atoms with van der Waals surface area (Å²) in [6.45, 7) is 2.13. The highest BCUT2D eigenvalue weighted by atomic mass is 16.3. The molecule has 2 aromatic rings. The molecule has 7 heteroatoms. The molecule has 2 rings (SSSR count). The molecule has 1 aromatic carbocycles. The highest BCUT2D eigenvalue weighted by Crippen LogP contribution is 2.11. The number of hydrogen-bond acceptors (Lipinski definition) is 4. The number of carbonyl (C=O) groups excluding carboxylic acids is 3. The van der Waals surface area contributed by atoms with Crippen molar-refractivity contribution in [2.45, 2.75) is 6.92 Å². The number of amides is 3. The van der Waals surface area contributed by atoms with E-state index >= 15 is 0 Å². The quantitative estimate of drug-likeness (QED) is 0.701. The molecular formula is C16H17N3O4. The molecule has 0 spiro atoms.